The molecule has 1 saturated heterocycles. The van der Waals surface area contributed by atoms with Gasteiger partial charge in [-0.1, -0.05) is 54.6 Å². The van der Waals surface area contributed by atoms with Crippen LogP contribution in [0.15, 0.2) is 60.7 Å². The molecular weight excluding hydrogens is 430 g/mol. The van der Waals surface area contributed by atoms with E-state index in [4.69, 9.17) is 14.6 Å². The quantitative estimate of drug-likeness (QED) is 0.437. The molecule has 0 bridgehead atoms. The standard InChI is InChI=1S/C25H20F2N2O4/c26-18-13-19-23(29-25(28-19)33-17-10-11-32-20(12-17)24(30)31)22(27)21(18)16-8-6-15(7-9-16)14-4-2-1-3-5-14/h1-9,13,17,20H,10-12H2,(H,28,29)(H,30,31)/t17-,20+/m1/s1. The Bertz CT molecular complexity index is 1310. The summed E-state index contributed by atoms with van der Waals surface area (Å²) in [5, 5.41) is 9.13. The van der Waals surface area contributed by atoms with E-state index in [9.17, 15) is 9.18 Å². The molecule has 0 amide bonds. The van der Waals surface area contributed by atoms with Crippen LogP contribution in [-0.4, -0.2) is 39.9 Å². The van der Waals surface area contributed by atoms with Crippen molar-refractivity contribution in [2.24, 2.45) is 0 Å². The predicted molar refractivity (Wildman–Crippen MR) is 118 cm³/mol. The van der Waals surface area contributed by atoms with Gasteiger partial charge in [-0.25, -0.2) is 13.6 Å². The van der Waals surface area contributed by atoms with Gasteiger partial charge in [0.15, 0.2) is 11.9 Å². The number of aromatic nitrogens is 2. The molecule has 0 aliphatic carbocycles. The van der Waals surface area contributed by atoms with E-state index in [-0.39, 0.29) is 35.6 Å². The fourth-order valence-electron chi connectivity index (χ4n) is 4.04. The highest BCUT2D eigenvalue weighted by Crippen LogP contribution is 2.33. The van der Waals surface area contributed by atoms with E-state index < -0.39 is 29.8 Å². The maximum absolute atomic E-state index is 15.3. The van der Waals surface area contributed by atoms with Gasteiger partial charge in [-0.3, -0.25) is 0 Å². The number of carboxylic acids is 1. The van der Waals surface area contributed by atoms with E-state index in [1.807, 2.05) is 42.5 Å². The molecule has 2 atom stereocenters. The lowest BCUT2D eigenvalue weighted by Gasteiger charge is -2.26. The number of fused-ring (bicyclic) bond motifs is 1. The van der Waals surface area contributed by atoms with E-state index in [0.717, 1.165) is 11.1 Å². The Kier molecular flexibility index (Phi) is 5.51. The number of benzene rings is 3. The van der Waals surface area contributed by atoms with E-state index >= 15 is 4.39 Å². The molecule has 1 aromatic heterocycles. The van der Waals surface area contributed by atoms with E-state index in [1.165, 1.54) is 6.07 Å². The molecule has 0 radical (unpaired) electrons. The van der Waals surface area contributed by atoms with Gasteiger partial charge in [0.1, 0.15) is 17.4 Å². The van der Waals surface area contributed by atoms with Gasteiger partial charge in [-0.05, 0) is 16.7 Å². The minimum Gasteiger partial charge on any atom is -0.479 e. The highest BCUT2D eigenvalue weighted by atomic mass is 19.1. The number of ether oxygens (including phenoxy) is 2. The number of rotatable bonds is 5. The van der Waals surface area contributed by atoms with Crippen LogP contribution in [0.5, 0.6) is 6.01 Å². The molecule has 8 heteroatoms. The van der Waals surface area contributed by atoms with Crippen molar-refractivity contribution in [3.05, 3.63) is 72.3 Å². The summed E-state index contributed by atoms with van der Waals surface area (Å²) >= 11 is 0. The smallest absolute Gasteiger partial charge is 0.332 e. The molecule has 1 aliphatic rings. The largest absolute Gasteiger partial charge is 0.479 e. The van der Waals surface area contributed by atoms with Gasteiger partial charge in [0.25, 0.3) is 6.01 Å². The van der Waals surface area contributed by atoms with Gasteiger partial charge < -0.3 is 19.6 Å². The normalized spacial score (nSPS) is 18.4. The first-order valence-electron chi connectivity index (χ1n) is 10.5. The number of nitrogens with one attached hydrogen (secondary N) is 1. The van der Waals surface area contributed by atoms with Crippen LogP contribution in [0.3, 0.4) is 0 Å². The Balaban J connectivity index is 1.43. The number of hydrogen-bond donors (Lipinski definition) is 2. The van der Waals surface area contributed by atoms with Crippen molar-refractivity contribution in [2.45, 2.75) is 25.0 Å². The van der Waals surface area contributed by atoms with Crippen LogP contribution in [0.1, 0.15) is 12.8 Å². The topological polar surface area (TPSA) is 84.4 Å². The molecule has 4 aromatic rings. The first-order chi connectivity index (χ1) is 16.0. The minimum atomic E-state index is -1.07. The lowest BCUT2D eigenvalue weighted by atomic mass is 9.99. The average Bonchev–Trinajstić information content (AvgIpc) is 3.22. The molecular formula is C25H20F2N2O4. The first-order valence-corrected chi connectivity index (χ1v) is 10.5. The number of imidazole rings is 1. The molecule has 2 heterocycles. The van der Waals surface area contributed by atoms with Crippen molar-refractivity contribution >= 4 is 17.0 Å². The number of nitrogens with zero attached hydrogens (tertiary/aromatic N) is 1. The molecule has 33 heavy (non-hydrogen) atoms. The Morgan fingerprint density at radius 3 is 2.48 bits per heavy atom. The molecule has 0 saturated carbocycles. The molecule has 2 N–H and O–H groups in total. The summed E-state index contributed by atoms with van der Waals surface area (Å²) in [6.07, 6.45) is -0.815. The summed E-state index contributed by atoms with van der Waals surface area (Å²) < 4.78 is 41.1. The molecule has 0 unspecified atom stereocenters. The van der Waals surface area contributed by atoms with E-state index in [1.54, 1.807) is 12.1 Å². The molecule has 6 nitrogen and oxygen atoms in total. The number of H-pyrrole nitrogens is 1. The maximum Gasteiger partial charge on any atom is 0.332 e. The average molecular weight is 450 g/mol. The summed E-state index contributed by atoms with van der Waals surface area (Å²) in [6.45, 7) is 0.230. The van der Waals surface area contributed by atoms with Gasteiger partial charge in [0.05, 0.1) is 17.7 Å². The Morgan fingerprint density at radius 2 is 1.76 bits per heavy atom. The van der Waals surface area contributed by atoms with Crippen LogP contribution in [0.25, 0.3) is 33.3 Å². The third-order valence-corrected chi connectivity index (χ3v) is 5.72. The van der Waals surface area contributed by atoms with E-state index in [0.29, 0.717) is 12.0 Å². The Labute approximate surface area is 187 Å². The second kappa shape index (κ2) is 8.63. The van der Waals surface area contributed by atoms with Crippen molar-refractivity contribution in [1.29, 1.82) is 0 Å². The second-order valence-corrected chi connectivity index (χ2v) is 7.89. The van der Waals surface area contributed by atoms with Gasteiger partial charge in [0, 0.05) is 18.9 Å². The van der Waals surface area contributed by atoms with Gasteiger partial charge in [0.2, 0.25) is 0 Å². The van der Waals surface area contributed by atoms with Gasteiger partial charge in [-0.15, -0.1) is 0 Å². The fourth-order valence-corrected chi connectivity index (χ4v) is 4.04. The summed E-state index contributed by atoms with van der Waals surface area (Å²) in [6, 6.07) is 17.9. The SMILES string of the molecule is O=C(O)[C@@H]1C[C@H](Oc2nc3c(F)c(-c4ccc(-c5ccccc5)cc4)c(F)cc3[nH]2)CCO1. The summed E-state index contributed by atoms with van der Waals surface area (Å²) in [4.78, 5) is 18.1. The van der Waals surface area contributed by atoms with Crippen LogP contribution >= 0.6 is 0 Å². The van der Waals surface area contributed by atoms with Gasteiger partial charge >= 0.3 is 5.97 Å². The summed E-state index contributed by atoms with van der Waals surface area (Å²) in [7, 11) is 0. The van der Waals surface area contributed by atoms with Crippen LogP contribution in [0.2, 0.25) is 0 Å². The van der Waals surface area contributed by atoms with Crippen LogP contribution in [-0.2, 0) is 9.53 Å². The van der Waals surface area contributed by atoms with Crippen LogP contribution in [0.4, 0.5) is 8.78 Å². The highest BCUT2D eigenvalue weighted by Gasteiger charge is 2.30. The van der Waals surface area contributed by atoms with Crippen LogP contribution in [0, 0.1) is 11.6 Å². The molecule has 168 valence electrons. The number of aliphatic carboxylic acids is 1. The Morgan fingerprint density at radius 1 is 1.06 bits per heavy atom. The highest BCUT2D eigenvalue weighted by molar-refractivity contribution is 5.84. The zero-order chi connectivity index (χ0) is 22.9. The predicted octanol–water partition coefficient (Wildman–Crippen LogP) is 5.19. The van der Waals surface area contributed by atoms with Gasteiger partial charge in [-0.2, -0.15) is 4.98 Å². The zero-order valence-corrected chi connectivity index (χ0v) is 17.4. The molecule has 1 aliphatic heterocycles. The first kappa shape index (κ1) is 21.1. The third-order valence-electron chi connectivity index (χ3n) is 5.72. The second-order valence-electron chi connectivity index (χ2n) is 7.89. The molecule has 1 fully saturated rings. The van der Waals surface area contributed by atoms with Crippen LogP contribution < -0.4 is 4.74 Å². The zero-order valence-electron chi connectivity index (χ0n) is 17.4. The van der Waals surface area contributed by atoms with Crippen molar-refractivity contribution in [2.75, 3.05) is 6.61 Å². The van der Waals surface area contributed by atoms with Crippen molar-refractivity contribution < 1.29 is 28.2 Å². The lowest BCUT2D eigenvalue weighted by molar-refractivity contribution is -0.156. The Hall–Kier alpha value is -3.78. The van der Waals surface area contributed by atoms with Crippen molar-refractivity contribution in [3.8, 4) is 28.3 Å². The molecule has 0 spiro atoms. The number of aromatic amines is 1. The molecule has 3 aromatic carbocycles. The van der Waals surface area contributed by atoms with E-state index in [2.05, 4.69) is 9.97 Å². The molecule has 5 rings (SSSR count). The lowest BCUT2D eigenvalue weighted by Crippen LogP contribution is -2.37. The fraction of sp³-hybridized carbons (Fsp3) is 0.200. The number of halogens is 2. The summed E-state index contributed by atoms with van der Waals surface area (Å²) in [5.41, 5.74) is 2.28. The van der Waals surface area contributed by atoms with Crippen molar-refractivity contribution in [1.82, 2.24) is 9.97 Å². The maximum atomic E-state index is 15.3. The number of carboxylic acid groups (broad SMARTS) is 1. The number of hydrogen-bond acceptors (Lipinski definition) is 4. The monoisotopic (exact) mass is 450 g/mol. The third kappa shape index (κ3) is 4.17. The minimum absolute atomic E-state index is 0.0101. The van der Waals surface area contributed by atoms with Crippen molar-refractivity contribution in [3.63, 3.8) is 0 Å². The number of carbonyl (C=O) groups is 1. The summed E-state index contributed by atoms with van der Waals surface area (Å²) in [5.74, 6) is -2.58.